The van der Waals surface area contributed by atoms with Crippen LogP contribution < -0.4 is 5.32 Å². The Kier molecular flexibility index (Phi) is 5.36. The fourth-order valence-electron chi connectivity index (χ4n) is 1.16. The van der Waals surface area contributed by atoms with Crippen molar-refractivity contribution >= 4 is 33.3 Å². The summed E-state index contributed by atoms with van der Waals surface area (Å²) in [6, 6.07) is 1.82. The second-order valence-electron chi connectivity index (χ2n) is 3.43. The van der Waals surface area contributed by atoms with Gasteiger partial charge in [-0.25, -0.2) is 4.98 Å². The van der Waals surface area contributed by atoms with Gasteiger partial charge in [-0.1, -0.05) is 18.5 Å². The minimum Gasteiger partial charge on any atom is -0.384 e. The molecule has 0 aromatic carbocycles. The van der Waals surface area contributed by atoms with Gasteiger partial charge < -0.3 is 10.1 Å². The number of halogens is 2. The molecule has 84 valence electrons. The summed E-state index contributed by atoms with van der Waals surface area (Å²) in [5, 5.41) is 3.80. The fourth-order valence-corrected chi connectivity index (χ4v) is 1.86. The minimum atomic E-state index is 0.427. The number of hydrogen-bond acceptors (Lipinski definition) is 3. The van der Waals surface area contributed by atoms with E-state index >= 15 is 0 Å². The van der Waals surface area contributed by atoms with E-state index in [0.717, 1.165) is 17.6 Å². The van der Waals surface area contributed by atoms with Crippen LogP contribution in [0.1, 0.15) is 6.92 Å². The molecule has 1 N–H and O–H groups in total. The van der Waals surface area contributed by atoms with Crippen LogP contribution in [0.2, 0.25) is 5.02 Å². The second kappa shape index (κ2) is 6.30. The van der Waals surface area contributed by atoms with E-state index in [4.69, 9.17) is 16.3 Å². The summed E-state index contributed by atoms with van der Waals surface area (Å²) in [6.07, 6.45) is 1.72. The molecule has 0 aliphatic rings. The van der Waals surface area contributed by atoms with Crippen molar-refractivity contribution in [1.82, 2.24) is 4.98 Å². The smallest absolute Gasteiger partial charge is 0.144 e. The van der Waals surface area contributed by atoms with Gasteiger partial charge in [0.15, 0.2) is 0 Å². The topological polar surface area (TPSA) is 34.1 Å². The molecule has 0 aliphatic carbocycles. The summed E-state index contributed by atoms with van der Waals surface area (Å²) < 4.78 is 5.92. The first kappa shape index (κ1) is 12.7. The SMILES string of the molecule is COCC(C)CNc1ncc(Br)cc1Cl. The highest BCUT2D eigenvalue weighted by molar-refractivity contribution is 9.10. The van der Waals surface area contributed by atoms with E-state index in [0.29, 0.717) is 16.8 Å². The standard InChI is InChI=1S/C10H14BrClN2O/c1-7(6-15-2)4-13-10-9(12)3-8(11)5-14-10/h3,5,7H,4,6H2,1-2H3,(H,13,14). The van der Waals surface area contributed by atoms with Crippen molar-refractivity contribution in [2.75, 3.05) is 25.6 Å². The average molecular weight is 294 g/mol. The first-order chi connectivity index (χ1) is 7.13. The molecule has 0 radical (unpaired) electrons. The maximum atomic E-state index is 6.00. The summed E-state index contributed by atoms with van der Waals surface area (Å²) in [6.45, 7) is 3.62. The monoisotopic (exact) mass is 292 g/mol. The normalized spacial score (nSPS) is 12.5. The lowest BCUT2D eigenvalue weighted by atomic mass is 10.2. The maximum Gasteiger partial charge on any atom is 0.144 e. The molecule has 15 heavy (non-hydrogen) atoms. The Hall–Kier alpha value is -0.320. The molecular weight excluding hydrogens is 279 g/mol. The van der Waals surface area contributed by atoms with Crippen molar-refractivity contribution in [2.24, 2.45) is 5.92 Å². The molecule has 1 atom stereocenters. The first-order valence-electron chi connectivity index (χ1n) is 4.67. The van der Waals surface area contributed by atoms with Crippen molar-refractivity contribution in [2.45, 2.75) is 6.92 Å². The summed E-state index contributed by atoms with van der Waals surface area (Å²) in [5.74, 6) is 1.14. The number of methoxy groups -OCH3 is 1. The molecule has 0 bridgehead atoms. The van der Waals surface area contributed by atoms with Gasteiger partial charge in [0.1, 0.15) is 5.82 Å². The van der Waals surface area contributed by atoms with Crippen molar-refractivity contribution in [3.8, 4) is 0 Å². The fraction of sp³-hybridized carbons (Fsp3) is 0.500. The summed E-state index contributed by atoms with van der Waals surface area (Å²) >= 11 is 9.31. The number of anilines is 1. The van der Waals surface area contributed by atoms with Crippen LogP contribution in [-0.4, -0.2) is 25.2 Å². The van der Waals surface area contributed by atoms with Crippen molar-refractivity contribution in [3.05, 3.63) is 21.8 Å². The minimum absolute atomic E-state index is 0.427. The second-order valence-corrected chi connectivity index (χ2v) is 4.75. The largest absolute Gasteiger partial charge is 0.384 e. The molecule has 0 saturated carbocycles. The van der Waals surface area contributed by atoms with Crippen LogP contribution in [0.4, 0.5) is 5.82 Å². The van der Waals surface area contributed by atoms with E-state index in [-0.39, 0.29) is 0 Å². The first-order valence-corrected chi connectivity index (χ1v) is 5.84. The van der Waals surface area contributed by atoms with Gasteiger partial charge in [-0.05, 0) is 27.9 Å². The lowest BCUT2D eigenvalue weighted by Gasteiger charge is -2.12. The zero-order valence-electron chi connectivity index (χ0n) is 8.76. The summed E-state index contributed by atoms with van der Waals surface area (Å²) in [4.78, 5) is 4.18. The highest BCUT2D eigenvalue weighted by atomic mass is 79.9. The predicted molar refractivity (Wildman–Crippen MR) is 66.5 cm³/mol. The Bertz CT molecular complexity index is 322. The van der Waals surface area contributed by atoms with Gasteiger partial charge in [0.05, 0.1) is 11.6 Å². The number of nitrogens with one attached hydrogen (secondary N) is 1. The van der Waals surface area contributed by atoms with Crippen molar-refractivity contribution in [1.29, 1.82) is 0 Å². The molecule has 0 spiro atoms. The van der Waals surface area contributed by atoms with Crippen LogP contribution in [0.5, 0.6) is 0 Å². The third kappa shape index (κ3) is 4.36. The quantitative estimate of drug-likeness (QED) is 0.905. The number of pyridine rings is 1. The molecule has 1 aromatic heterocycles. The van der Waals surface area contributed by atoms with Crippen molar-refractivity contribution in [3.63, 3.8) is 0 Å². The van der Waals surface area contributed by atoms with Crippen LogP contribution in [-0.2, 0) is 4.74 Å². The summed E-state index contributed by atoms with van der Waals surface area (Å²) in [5.41, 5.74) is 0. The van der Waals surface area contributed by atoms with E-state index in [2.05, 4.69) is 33.2 Å². The molecular formula is C10H14BrClN2O. The van der Waals surface area contributed by atoms with Gasteiger partial charge in [0.2, 0.25) is 0 Å². The number of aromatic nitrogens is 1. The highest BCUT2D eigenvalue weighted by Crippen LogP contribution is 2.22. The number of hydrogen-bond donors (Lipinski definition) is 1. The van der Waals surface area contributed by atoms with Crippen LogP contribution in [0.15, 0.2) is 16.7 Å². The van der Waals surface area contributed by atoms with Gasteiger partial charge in [-0.3, -0.25) is 0 Å². The molecule has 5 heteroatoms. The molecule has 1 unspecified atom stereocenters. The van der Waals surface area contributed by atoms with Crippen LogP contribution in [0.3, 0.4) is 0 Å². The average Bonchev–Trinajstić information content (AvgIpc) is 2.17. The molecule has 1 heterocycles. The Morgan fingerprint density at radius 2 is 2.40 bits per heavy atom. The molecule has 0 amide bonds. The zero-order chi connectivity index (χ0) is 11.3. The highest BCUT2D eigenvalue weighted by Gasteiger charge is 2.05. The molecule has 3 nitrogen and oxygen atoms in total. The molecule has 0 aliphatic heterocycles. The number of nitrogens with zero attached hydrogens (tertiary/aromatic N) is 1. The Morgan fingerprint density at radius 3 is 3.00 bits per heavy atom. The molecule has 0 fully saturated rings. The third-order valence-corrected chi connectivity index (χ3v) is 2.60. The van der Waals surface area contributed by atoms with Crippen LogP contribution in [0, 0.1) is 5.92 Å². The van der Waals surface area contributed by atoms with Crippen LogP contribution in [0.25, 0.3) is 0 Å². The van der Waals surface area contributed by atoms with E-state index in [1.54, 1.807) is 13.3 Å². The zero-order valence-corrected chi connectivity index (χ0v) is 11.1. The number of ether oxygens (including phenoxy) is 1. The third-order valence-electron chi connectivity index (χ3n) is 1.88. The van der Waals surface area contributed by atoms with E-state index in [1.165, 1.54) is 0 Å². The lowest BCUT2D eigenvalue weighted by Crippen LogP contribution is -2.16. The maximum absolute atomic E-state index is 6.00. The Balaban J connectivity index is 2.50. The van der Waals surface area contributed by atoms with Gasteiger partial charge in [-0.2, -0.15) is 0 Å². The van der Waals surface area contributed by atoms with Crippen LogP contribution >= 0.6 is 27.5 Å². The van der Waals surface area contributed by atoms with Gasteiger partial charge in [-0.15, -0.1) is 0 Å². The van der Waals surface area contributed by atoms with Gasteiger partial charge in [0.25, 0.3) is 0 Å². The molecule has 1 aromatic rings. The Labute approximate surface area is 103 Å². The van der Waals surface area contributed by atoms with Gasteiger partial charge in [0, 0.05) is 24.3 Å². The van der Waals surface area contributed by atoms with E-state index in [9.17, 15) is 0 Å². The molecule has 1 rings (SSSR count). The van der Waals surface area contributed by atoms with Gasteiger partial charge >= 0.3 is 0 Å². The lowest BCUT2D eigenvalue weighted by molar-refractivity contribution is 0.164. The summed E-state index contributed by atoms with van der Waals surface area (Å²) in [7, 11) is 1.70. The van der Waals surface area contributed by atoms with E-state index in [1.807, 2.05) is 6.07 Å². The van der Waals surface area contributed by atoms with E-state index < -0.39 is 0 Å². The number of rotatable bonds is 5. The Morgan fingerprint density at radius 1 is 1.67 bits per heavy atom. The van der Waals surface area contributed by atoms with Crippen molar-refractivity contribution < 1.29 is 4.74 Å². The molecule has 0 saturated heterocycles. The predicted octanol–water partition coefficient (Wildman–Crippen LogP) is 3.19.